The predicted octanol–water partition coefficient (Wildman–Crippen LogP) is 3.76. The van der Waals surface area contributed by atoms with E-state index < -0.39 is 17.8 Å². The Hall–Kier alpha value is -3.35. The summed E-state index contributed by atoms with van der Waals surface area (Å²) in [6.07, 6.45) is 2.51. The van der Waals surface area contributed by atoms with Crippen LogP contribution in [0.4, 0.5) is 0 Å². The van der Waals surface area contributed by atoms with Crippen LogP contribution in [0.2, 0.25) is 0 Å². The van der Waals surface area contributed by atoms with Gasteiger partial charge in [0.2, 0.25) is 6.79 Å². The maximum absolute atomic E-state index is 13.3. The molecule has 7 heteroatoms. The Bertz CT molecular complexity index is 1080. The van der Waals surface area contributed by atoms with E-state index in [1.165, 1.54) is 7.11 Å². The molecule has 1 aromatic carbocycles. The largest absolute Gasteiger partial charge is 0.469 e. The molecule has 2 aromatic rings. The lowest BCUT2D eigenvalue weighted by Crippen LogP contribution is -2.37. The Labute approximate surface area is 173 Å². The predicted molar refractivity (Wildman–Crippen MR) is 107 cm³/mol. The highest BCUT2D eigenvalue weighted by molar-refractivity contribution is 6.09. The van der Waals surface area contributed by atoms with E-state index >= 15 is 0 Å². The second kappa shape index (κ2) is 7.16. The van der Waals surface area contributed by atoms with E-state index in [-0.39, 0.29) is 18.5 Å². The number of nitrogens with zero attached hydrogens (tertiary/aromatic N) is 1. The van der Waals surface area contributed by atoms with Gasteiger partial charge in [-0.25, -0.2) is 0 Å². The first-order valence-corrected chi connectivity index (χ1v) is 9.89. The number of ether oxygens (including phenoxy) is 3. The number of methoxy groups -OCH3 is 1. The third-order valence-electron chi connectivity index (χ3n) is 6.05. The van der Waals surface area contributed by atoms with E-state index in [2.05, 4.69) is 0 Å². The van der Waals surface area contributed by atoms with Crippen molar-refractivity contribution < 1.29 is 28.2 Å². The number of hydrogen-bond acceptors (Lipinski definition) is 7. The summed E-state index contributed by atoms with van der Waals surface area (Å²) in [6.45, 7) is 1.97. The molecule has 0 spiro atoms. The maximum Gasteiger partial charge on any atom is 0.315 e. The molecular formula is C23H21NO6. The molecule has 3 atom stereocenters. The summed E-state index contributed by atoms with van der Waals surface area (Å²) in [5.41, 5.74) is 2.74. The molecule has 0 bridgehead atoms. The Morgan fingerprint density at radius 1 is 1.17 bits per heavy atom. The zero-order valence-electron chi connectivity index (χ0n) is 16.7. The van der Waals surface area contributed by atoms with Gasteiger partial charge in [-0.15, -0.1) is 0 Å². The van der Waals surface area contributed by atoms with Crippen molar-refractivity contribution in [2.45, 2.75) is 31.6 Å². The molecule has 5 rings (SSSR count). The summed E-state index contributed by atoms with van der Waals surface area (Å²) in [5.74, 6) is 0.388. The van der Waals surface area contributed by atoms with Gasteiger partial charge in [-0.3, -0.25) is 14.6 Å². The van der Waals surface area contributed by atoms with E-state index in [0.717, 1.165) is 11.3 Å². The van der Waals surface area contributed by atoms with Crippen LogP contribution < -0.4 is 9.47 Å². The molecule has 30 heavy (non-hydrogen) atoms. The lowest BCUT2D eigenvalue weighted by atomic mass is 9.70. The summed E-state index contributed by atoms with van der Waals surface area (Å²) in [6, 6.07) is 9.24. The van der Waals surface area contributed by atoms with E-state index in [9.17, 15) is 9.59 Å². The number of rotatable bonds is 3. The van der Waals surface area contributed by atoms with Crippen molar-refractivity contribution in [3.63, 3.8) is 0 Å². The fourth-order valence-corrected chi connectivity index (χ4v) is 4.68. The summed E-state index contributed by atoms with van der Waals surface area (Å²) >= 11 is 0. The molecule has 0 N–H and O–H groups in total. The van der Waals surface area contributed by atoms with Crippen LogP contribution in [-0.4, -0.2) is 31.4 Å². The minimum Gasteiger partial charge on any atom is -0.469 e. The molecule has 3 aliphatic rings. The topological polar surface area (TPSA) is 87.3 Å². The molecule has 1 aromatic heterocycles. The molecule has 0 saturated heterocycles. The van der Waals surface area contributed by atoms with Crippen molar-refractivity contribution in [3.05, 3.63) is 59.2 Å². The van der Waals surface area contributed by atoms with Crippen LogP contribution in [-0.2, 0) is 14.3 Å². The number of ketones is 1. The Morgan fingerprint density at radius 3 is 2.77 bits per heavy atom. The van der Waals surface area contributed by atoms with Crippen molar-refractivity contribution in [1.82, 2.24) is 0 Å². The van der Waals surface area contributed by atoms with Gasteiger partial charge in [-0.1, -0.05) is 6.07 Å². The summed E-state index contributed by atoms with van der Waals surface area (Å²) in [5, 5.41) is 0. The first-order valence-electron chi connectivity index (χ1n) is 9.89. The van der Waals surface area contributed by atoms with Gasteiger partial charge in [0.25, 0.3) is 0 Å². The fourth-order valence-electron chi connectivity index (χ4n) is 4.68. The van der Waals surface area contributed by atoms with Crippen LogP contribution >= 0.6 is 0 Å². The second-order valence-corrected chi connectivity index (χ2v) is 7.75. The van der Waals surface area contributed by atoms with Crippen LogP contribution in [0.5, 0.6) is 11.5 Å². The molecule has 3 heterocycles. The number of fused-ring (bicyclic) bond motifs is 1. The van der Waals surface area contributed by atoms with Crippen LogP contribution in [0.15, 0.2) is 57.3 Å². The first-order chi connectivity index (χ1) is 14.6. The molecule has 0 radical (unpaired) electrons. The zero-order chi connectivity index (χ0) is 20.8. The number of carbonyl (C=O) groups excluding carboxylic acids is 2. The molecule has 0 amide bonds. The third-order valence-corrected chi connectivity index (χ3v) is 6.05. The van der Waals surface area contributed by atoms with Crippen LogP contribution in [0, 0.1) is 5.92 Å². The lowest BCUT2D eigenvalue weighted by Gasteiger charge is -2.36. The summed E-state index contributed by atoms with van der Waals surface area (Å²) < 4.78 is 21.6. The fraction of sp³-hybridized carbons (Fsp3) is 0.348. The number of esters is 1. The average molecular weight is 407 g/mol. The Balaban J connectivity index is 1.62. The van der Waals surface area contributed by atoms with Crippen molar-refractivity contribution in [3.8, 4) is 11.5 Å². The van der Waals surface area contributed by atoms with Crippen molar-refractivity contribution in [2.24, 2.45) is 10.9 Å². The maximum atomic E-state index is 13.3. The van der Waals surface area contributed by atoms with Crippen molar-refractivity contribution >= 4 is 17.5 Å². The highest BCUT2D eigenvalue weighted by Gasteiger charge is 2.45. The average Bonchev–Trinajstić information content (AvgIpc) is 3.43. The van der Waals surface area contributed by atoms with Gasteiger partial charge in [0.1, 0.15) is 11.7 Å². The van der Waals surface area contributed by atoms with E-state index in [1.54, 1.807) is 6.26 Å². The monoisotopic (exact) mass is 407 g/mol. The van der Waals surface area contributed by atoms with Crippen molar-refractivity contribution in [2.75, 3.05) is 13.9 Å². The van der Waals surface area contributed by atoms with Gasteiger partial charge in [-0.05, 0) is 36.8 Å². The number of hydrogen-bond donors (Lipinski definition) is 0. The van der Waals surface area contributed by atoms with Gasteiger partial charge >= 0.3 is 5.97 Å². The number of benzene rings is 1. The van der Waals surface area contributed by atoms with Gasteiger partial charge in [0, 0.05) is 41.7 Å². The molecule has 7 nitrogen and oxygen atoms in total. The van der Waals surface area contributed by atoms with E-state index in [1.807, 2.05) is 37.3 Å². The van der Waals surface area contributed by atoms with Gasteiger partial charge in [0.15, 0.2) is 17.3 Å². The molecule has 0 saturated carbocycles. The van der Waals surface area contributed by atoms with Crippen LogP contribution in [0.25, 0.3) is 0 Å². The molecule has 1 unspecified atom stereocenters. The highest BCUT2D eigenvalue weighted by atomic mass is 16.7. The number of Topliss-reactive ketones (excluding diaryl/α,β-unsaturated/α-hetero) is 1. The standard InChI is InChI=1S/C23H21NO6/c1-12-20(23(26)27-2)21(13-5-6-18-19(10-13)30-11-29-18)22-15(24-12)8-14(9-16(22)25)17-4-3-7-28-17/h3-7,10,14,20-21H,8-9,11H2,1-2H3/t14-,20?,21-/m1/s1. The molecule has 0 fully saturated rings. The number of allylic oxidation sites excluding steroid dienone is 2. The minimum atomic E-state index is -0.668. The number of furan rings is 1. The summed E-state index contributed by atoms with van der Waals surface area (Å²) in [4.78, 5) is 30.7. The van der Waals surface area contributed by atoms with Crippen LogP contribution in [0.1, 0.15) is 42.9 Å². The summed E-state index contributed by atoms with van der Waals surface area (Å²) in [7, 11) is 1.35. The number of aliphatic imine (C=N–C) groups is 1. The van der Waals surface area contributed by atoms with E-state index in [4.69, 9.17) is 23.6 Å². The first kappa shape index (κ1) is 18.7. The molecule has 1 aliphatic carbocycles. The minimum absolute atomic E-state index is 0.0227. The second-order valence-electron chi connectivity index (χ2n) is 7.75. The number of carbonyl (C=O) groups is 2. The van der Waals surface area contributed by atoms with Gasteiger partial charge in [0.05, 0.1) is 13.4 Å². The molecular weight excluding hydrogens is 386 g/mol. The molecule has 154 valence electrons. The van der Waals surface area contributed by atoms with E-state index in [0.29, 0.717) is 41.3 Å². The Kier molecular flexibility index (Phi) is 4.46. The van der Waals surface area contributed by atoms with Crippen molar-refractivity contribution in [1.29, 1.82) is 0 Å². The normalized spacial score (nSPS) is 25.1. The zero-order valence-corrected chi connectivity index (χ0v) is 16.7. The lowest BCUT2D eigenvalue weighted by molar-refractivity contribution is -0.143. The highest BCUT2D eigenvalue weighted by Crippen LogP contribution is 2.48. The SMILES string of the molecule is COC(=O)C1C(C)=NC2=C(C(=O)C[C@H](c3ccco3)C2)[C@@H]1c1ccc2c(c1)OCO2. The quantitative estimate of drug-likeness (QED) is 0.720. The third kappa shape index (κ3) is 2.93. The van der Waals surface area contributed by atoms with Gasteiger partial charge < -0.3 is 18.6 Å². The Morgan fingerprint density at radius 2 is 2.00 bits per heavy atom. The smallest absolute Gasteiger partial charge is 0.315 e. The van der Waals surface area contributed by atoms with Crippen LogP contribution in [0.3, 0.4) is 0 Å². The van der Waals surface area contributed by atoms with Gasteiger partial charge in [-0.2, -0.15) is 0 Å². The molecule has 2 aliphatic heterocycles.